The molecule has 1 saturated heterocycles. The van der Waals surface area contributed by atoms with E-state index in [1.54, 1.807) is 0 Å². The first-order chi connectivity index (χ1) is 8.81. The third kappa shape index (κ3) is 2.51. The highest BCUT2D eigenvalue weighted by atomic mass is 15.0. The topological polar surface area (TPSA) is 39.8 Å². The molecule has 0 bridgehead atoms. The van der Waals surface area contributed by atoms with E-state index >= 15 is 0 Å². The second kappa shape index (κ2) is 5.02. The average molecular weight is 243 g/mol. The molecule has 0 aliphatic carbocycles. The van der Waals surface area contributed by atoms with Gasteiger partial charge in [-0.15, -0.1) is 0 Å². The molecule has 0 spiro atoms. The van der Waals surface area contributed by atoms with Crippen LogP contribution in [-0.4, -0.2) is 23.6 Å². The number of aromatic nitrogens is 1. The molecule has 3 N–H and O–H groups in total. The minimum atomic E-state index is 0.511. The molecule has 3 nitrogen and oxygen atoms in total. The van der Waals surface area contributed by atoms with Gasteiger partial charge in [0, 0.05) is 34.9 Å². The molecule has 3 rings (SSSR count). The third-order valence-electron chi connectivity index (χ3n) is 3.77. The van der Waals surface area contributed by atoms with Crippen molar-refractivity contribution in [2.24, 2.45) is 0 Å². The maximum atomic E-state index is 3.60. The van der Waals surface area contributed by atoms with Gasteiger partial charge >= 0.3 is 0 Å². The zero-order valence-electron chi connectivity index (χ0n) is 10.9. The van der Waals surface area contributed by atoms with Crippen LogP contribution in [0.4, 0.5) is 5.69 Å². The van der Waals surface area contributed by atoms with Crippen molar-refractivity contribution in [2.75, 3.05) is 11.9 Å². The van der Waals surface area contributed by atoms with E-state index in [0.29, 0.717) is 12.1 Å². The molecule has 2 unspecified atom stereocenters. The van der Waals surface area contributed by atoms with Crippen LogP contribution in [0.5, 0.6) is 0 Å². The Morgan fingerprint density at radius 2 is 2.33 bits per heavy atom. The van der Waals surface area contributed by atoms with Gasteiger partial charge in [-0.05, 0) is 57.0 Å². The first-order valence-corrected chi connectivity index (χ1v) is 6.88. The molecule has 2 atom stereocenters. The van der Waals surface area contributed by atoms with E-state index in [4.69, 9.17) is 0 Å². The van der Waals surface area contributed by atoms with Gasteiger partial charge in [-0.25, -0.2) is 0 Å². The SMILES string of the molecule is CC(CC1CCCN1)Nc1ccc2[nH]ccc2c1. The Kier molecular flexibility index (Phi) is 3.24. The van der Waals surface area contributed by atoms with Crippen LogP contribution >= 0.6 is 0 Å². The standard InChI is InChI=1S/C15H21N3/c1-11(9-13-3-2-7-16-13)18-14-4-5-15-12(10-14)6-8-17-15/h4-6,8,10-11,13,16-18H,2-3,7,9H2,1H3. The van der Waals surface area contributed by atoms with Gasteiger partial charge in [0.15, 0.2) is 0 Å². The van der Waals surface area contributed by atoms with Gasteiger partial charge in [0.1, 0.15) is 0 Å². The second-order valence-electron chi connectivity index (χ2n) is 5.35. The summed E-state index contributed by atoms with van der Waals surface area (Å²) in [5.74, 6) is 0. The van der Waals surface area contributed by atoms with Gasteiger partial charge in [0.25, 0.3) is 0 Å². The number of anilines is 1. The summed E-state index contributed by atoms with van der Waals surface area (Å²) in [5.41, 5.74) is 2.42. The molecule has 1 aromatic carbocycles. The van der Waals surface area contributed by atoms with Gasteiger partial charge in [-0.3, -0.25) is 0 Å². The molecule has 1 aromatic heterocycles. The number of benzene rings is 1. The summed E-state index contributed by atoms with van der Waals surface area (Å²) in [6.45, 7) is 3.45. The van der Waals surface area contributed by atoms with E-state index in [0.717, 1.165) is 0 Å². The van der Waals surface area contributed by atoms with E-state index < -0.39 is 0 Å². The fourth-order valence-corrected chi connectivity index (χ4v) is 2.87. The number of hydrogen-bond donors (Lipinski definition) is 3. The predicted molar refractivity (Wildman–Crippen MR) is 77.0 cm³/mol. The Labute approximate surface area is 108 Å². The van der Waals surface area contributed by atoms with Crippen molar-refractivity contribution in [2.45, 2.75) is 38.3 Å². The molecular weight excluding hydrogens is 222 g/mol. The molecule has 1 fully saturated rings. The first-order valence-electron chi connectivity index (χ1n) is 6.88. The van der Waals surface area contributed by atoms with Crippen molar-refractivity contribution in [1.82, 2.24) is 10.3 Å². The number of rotatable bonds is 4. The number of hydrogen-bond acceptors (Lipinski definition) is 2. The Bertz CT molecular complexity index is 511. The van der Waals surface area contributed by atoms with E-state index in [1.807, 2.05) is 6.20 Å². The van der Waals surface area contributed by atoms with Gasteiger partial charge in [0.2, 0.25) is 0 Å². The molecule has 1 aliphatic rings. The average Bonchev–Trinajstić information content (AvgIpc) is 2.98. The molecule has 1 aliphatic heterocycles. The van der Waals surface area contributed by atoms with E-state index in [-0.39, 0.29) is 0 Å². The van der Waals surface area contributed by atoms with Crippen molar-refractivity contribution in [1.29, 1.82) is 0 Å². The molecule has 96 valence electrons. The Hall–Kier alpha value is -1.48. The van der Waals surface area contributed by atoms with E-state index in [1.165, 1.54) is 42.4 Å². The molecule has 2 heterocycles. The minimum Gasteiger partial charge on any atom is -0.383 e. The summed E-state index contributed by atoms with van der Waals surface area (Å²) in [4.78, 5) is 3.22. The molecule has 0 radical (unpaired) electrons. The van der Waals surface area contributed by atoms with Crippen molar-refractivity contribution < 1.29 is 0 Å². The quantitative estimate of drug-likeness (QED) is 0.772. The number of fused-ring (bicyclic) bond motifs is 1. The molecule has 0 amide bonds. The number of nitrogens with one attached hydrogen (secondary N) is 3. The lowest BCUT2D eigenvalue weighted by atomic mass is 10.1. The summed E-state index contributed by atoms with van der Waals surface area (Å²) in [6, 6.07) is 9.82. The fourth-order valence-electron chi connectivity index (χ4n) is 2.87. The van der Waals surface area contributed by atoms with Crippen LogP contribution in [0.25, 0.3) is 10.9 Å². The summed E-state index contributed by atoms with van der Waals surface area (Å²) in [5, 5.41) is 8.42. The van der Waals surface area contributed by atoms with Crippen molar-refractivity contribution in [3.63, 3.8) is 0 Å². The summed E-state index contributed by atoms with van der Waals surface area (Å²) in [7, 11) is 0. The lowest BCUT2D eigenvalue weighted by Gasteiger charge is -2.19. The highest BCUT2D eigenvalue weighted by molar-refractivity contribution is 5.82. The van der Waals surface area contributed by atoms with Crippen LogP contribution < -0.4 is 10.6 Å². The van der Waals surface area contributed by atoms with Gasteiger partial charge < -0.3 is 15.6 Å². The van der Waals surface area contributed by atoms with Crippen LogP contribution in [0.1, 0.15) is 26.2 Å². The largest absolute Gasteiger partial charge is 0.383 e. The van der Waals surface area contributed by atoms with E-state index in [9.17, 15) is 0 Å². The van der Waals surface area contributed by atoms with Crippen LogP contribution in [0.3, 0.4) is 0 Å². The summed E-state index contributed by atoms with van der Waals surface area (Å²) < 4.78 is 0. The van der Waals surface area contributed by atoms with Gasteiger partial charge in [-0.2, -0.15) is 0 Å². The maximum absolute atomic E-state index is 3.60. The van der Waals surface area contributed by atoms with Gasteiger partial charge in [-0.1, -0.05) is 0 Å². The number of H-pyrrole nitrogens is 1. The van der Waals surface area contributed by atoms with Crippen LogP contribution in [0.2, 0.25) is 0 Å². The zero-order valence-corrected chi connectivity index (χ0v) is 10.9. The van der Waals surface area contributed by atoms with Crippen molar-refractivity contribution in [3.05, 3.63) is 30.5 Å². The molecule has 3 heteroatoms. The van der Waals surface area contributed by atoms with Crippen molar-refractivity contribution >= 4 is 16.6 Å². The normalized spacial score (nSPS) is 21.3. The smallest absolute Gasteiger partial charge is 0.0455 e. The van der Waals surface area contributed by atoms with Crippen LogP contribution in [0, 0.1) is 0 Å². The summed E-state index contributed by atoms with van der Waals surface area (Å²) >= 11 is 0. The zero-order chi connectivity index (χ0) is 12.4. The maximum Gasteiger partial charge on any atom is 0.0455 e. The lowest BCUT2D eigenvalue weighted by Crippen LogP contribution is -2.29. The molecular formula is C15H21N3. The summed E-state index contributed by atoms with van der Waals surface area (Å²) in [6.07, 6.45) is 5.83. The monoisotopic (exact) mass is 243 g/mol. The Morgan fingerprint density at radius 1 is 1.39 bits per heavy atom. The minimum absolute atomic E-state index is 0.511. The van der Waals surface area contributed by atoms with E-state index in [2.05, 4.69) is 46.8 Å². The lowest BCUT2D eigenvalue weighted by molar-refractivity contribution is 0.523. The highest BCUT2D eigenvalue weighted by Crippen LogP contribution is 2.20. The van der Waals surface area contributed by atoms with Crippen LogP contribution in [-0.2, 0) is 0 Å². The fraction of sp³-hybridized carbons (Fsp3) is 0.467. The van der Waals surface area contributed by atoms with Crippen LogP contribution in [0.15, 0.2) is 30.5 Å². The molecule has 18 heavy (non-hydrogen) atoms. The molecule has 2 aromatic rings. The third-order valence-corrected chi connectivity index (χ3v) is 3.77. The second-order valence-corrected chi connectivity index (χ2v) is 5.35. The number of aromatic amines is 1. The Balaban J connectivity index is 1.63. The van der Waals surface area contributed by atoms with Gasteiger partial charge in [0.05, 0.1) is 0 Å². The first kappa shape index (κ1) is 11.6. The predicted octanol–water partition coefficient (Wildman–Crippen LogP) is 3.11. The highest BCUT2D eigenvalue weighted by Gasteiger charge is 2.16. The molecule has 0 saturated carbocycles. The van der Waals surface area contributed by atoms with Crippen molar-refractivity contribution in [3.8, 4) is 0 Å². The Morgan fingerprint density at radius 3 is 3.17 bits per heavy atom.